The zero-order valence-electron chi connectivity index (χ0n) is 11.9. The smallest absolute Gasteiger partial charge is 0.125 e. The molecule has 2 atom stereocenters. The molecule has 4 heteroatoms. The van der Waals surface area contributed by atoms with Crippen LogP contribution in [0.4, 0.5) is 0 Å². The summed E-state index contributed by atoms with van der Waals surface area (Å²) < 4.78 is 11.5. The maximum absolute atomic E-state index is 9.79. The first-order valence-corrected chi connectivity index (χ1v) is 6.78. The Hall–Kier alpha value is -1.10. The average Bonchev–Trinajstić information content (AvgIpc) is 2.37. The molecule has 1 aliphatic rings. The van der Waals surface area contributed by atoms with Gasteiger partial charge in [0.25, 0.3) is 0 Å². The van der Waals surface area contributed by atoms with Gasteiger partial charge in [-0.25, -0.2) is 0 Å². The highest BCUT2D eigenvalue weighted by Gasteiger charge is 2.19. The number of ether oxygens (including phenoxy) is 2. The van der Waals surface area contributed by atoms with Crippen molar-refractivity contribution < 1.29 is 14.6 Å². The molecule has 0 aliphatic carbocycles. The van der Waals surface area contributed by atoms with E-state index in [1.54, 1.807) is 6.92 Å². The van der Waals surface area contributed by atoms with Gasteiger partial charge in [0.15, 0.2) is 0 Å². The van der Waals surface area contributed by atoms with Gasteiger partial charge in [-0.05, 0) is 33.0 Å². The van der Waals surface area contributed by atoms with Crippen molar-refractivity contribution in [3.63, 3.8) is 0 Å². The van der Waals surface area contributed by atoms with Crippen LogP contribution in [0.25, 0.3) is 0 Å². The Morgan fingerprint density at radius 3 is 3.00 bits per heavy atom. The van der Waals surface area contributed by atoms with Gasteiger partial charge in [-0.3, -0.25) is 0 Å². The molecule has 0 spiro atoms. The average molecular weight is 265 g/mol. The Kier molecular flexibility index (Phi) is 4.80. The van der Waals surface area contributed by atoms with Gasteiger partial charge >= 0.3 is 0 Å². The second-order valence-corrected chi connectivity index (χ2v) is 5.28. The lowest BCUT2D eigenvalue weighted by Crippen LogP contribution is -2.42. The van der Waals surface area contributed by atoms with Crippen LogP contribution in [0.2, 0.25) is 0 Å². The molecule has 1 fully saturated rings. The molecule has 1 heterocycles. The van der Waals surface area contributed by atoms with Crippen molar-refractivity contribution in [3.8, 4) is 5.75 Å². The number of nitrogens with zero attached hydrogens (tertiary/aromatic N) is 1. The molecule has 2 unspecified atom stereocenters. The van der Waals surface area contributed by atoms with Crippen LogP contribution < -0.4 is 4.74 Å². The summed E-state index contributed by atoms with van der Waals surface area (Å²) in [4.78, 5) is 2.24. The number of morpholine rings is 1. The number of hydrogen-bond donors (Lipinski definition) is 1. The van der Waals surface area contributed by atoms with Crippen LogP contribution in [-0.2, 0) is 4.74 Å². The van der Waals surface area contributed by atoms with E-state index in [0.717, 1.165) is 36.6 Å². The van der Waals surface area contributed by atoms with E-state index < -0.39 is 6.10 Å². The lowest BCUT2D eigenvalue weighted by Gasteiger charge is -2.30. The van der Waals surface area contributed by atoms with Crippen molar-refractivity contribution in [2.45, 2.75) is 26.1 Å². The molecule has 0 bridgehead atoms. The first kappa shape index (κ1) is 14.3. The number of aliphatic hydroxyl groups is 1. The summed E-state index contributed by atoms with van der Waals surface area (Å²) in [7, 11) is 2.09. The van der Waals surface area contributed by atoms with Crippen LogP contribution in [-0.4, -0.2) is 49.5 Å². The molecule has 1 aromatic rings. The fourth-order valence-electron chi connectivity index (χ4n) is 2.28. The molecule has 0 aromatic heterocycles. The molecule has 19 heavy (non-hydrogen) atoms. The zero-order valence-corrected chi connectivity index (χ0v) is 11.9. The van der Waals surface area contributed by atoms with E-state index in [4.69, 9.17) is 9.47 Å². The third kappa shape index (κ3) is 3.93. The summed E-state index contributed by atoms with van der Waals surface area (Å²) in [5.41, 5.74) is 1.96. The van der Waals surface area contributed by atoms with Crippen LogP contribution >= 0.6 is 0 Å². The molecule has 0 radical (unpaired) electrons. The highest BCUT2D eigenvalue weighted by molar-refractivity contribution is 5.38. The molecular formula is C15H23NO3. The Bertz CT molecular complexity index is 420. The van der Waals surface area contributed by atoms with E-state index in [1.807, 2.05) is 25.1 Å². The van der Waals surface area contributed by atoms with Gasteiger partial charge in [0.2, 0.25) is 0 Å². The van der Waals surface area contributed by atoms with Crippen LogP contribution in [0.15, 0.2) is 18.2 Å². The van der Waals surface area contributed by atoms with Crippen molar-refractivity contribution >= 4 is 0 Å². The summed E-state index contributed by atoms with van der Waals surface area (Å²) in [6.45, 7) is 6.89. The summed E-state index contributed by atoms with van der Waals surface area (Å²) in [5, 5.41) is 9.79. The SMILES string of the molecule is Cc1ccc(OCC2CN(C)CCO2)c(C(C)O)c1. The fourth-order valence-corrected chi connectivity index (χ4v) is 2.28. The molecule has 1 saturated heterocycles. The van der Waals surface area contributed by atoms with E-state index in [9.17, 15) is 5.11 Å². The fraction of sp³-hybridized carbons (Fsp3) is 0.600. The molecule has 106 valence electrons. The van der Waals surface area contributed by atoms with Gasteiger partial charge in [-0.2, -0.15) is 0 Å². The highest BCUT2D eigenvalue weighted by Crippen LogP contribution is 2.26. The standard InChI is InChI=1S/C15H23NO3/c1-11-4-5-15(14(8-11)12(2)17)19-10-13-9-16(3)6-7-18-13/h4-5,8,12-13,17H,6-7,9-10H2,1-3H3. The minimum Gasteiger partial charge on any atom is -0.490 e. The Balaban J connectivity index is 1.99. The molecule has 4 nitrogen and oxygen atoms in total. The zero-order chi connectivity index (χ0) is 13.8. The van der Waals surface area contributed by atoms with Crippen LogP contribution in [0.3, 0.4) is 0 Å². The highest BCUT2D eigenvalue weighted by atomic mass is 16.5. The lowest BCUT2D eigenvalue weighted by atomic mass is 10.1. The Morgan fingerprint density at radius 1 is 1.53 bits per heavy atom. The van der Waals surface area contributed by atoms with E-state index in [0.29, 0.717) is 6.61 Å². The summed E-state index contributed by atoms with van der Waals surface area (Å²) in [5.74, 6) is 0.748. The van der Waals surface area contributed by atoms with Gasteiger partial charge in [0.1, 0.15) is 18.5 Å². The molecule has 0 saturated carbocycles. The first-order chi connectivity index (χ1) is 9.06. The number of aryl methyl sites for hydroxylation is 1. The topological polar surface area (TPSA) is 41.9 Å². The monoisotopic (exact) mass is 265 g/mol. The number of likely N-dealkylation sites (N-methyl/N-ethyl adjacent to an activating group) is 1. The van der Waals surface area contributed by atoms with Gasteiger partial charge < -0.3 is 19.5 Å². The van der Waals surface area contributed by atoms with Crippen molar-refractivity contribution in [3.05, 3.63) is 29.3 Å². The van der Waals surface area contributed by atoms with E-state index >= 15 is 0 Å². The van der Waals surface area contributed by atoms with Crippen LogP contribution in [0.5, 0.6) is 5.75 Å². The quantitative estimate of drug-likeness (QED) is 0.900. The summed E-state index contributed by atoms with van der Waals surface area (Å²) >= 11 is 0. The van der Waals surface area contributed by atoms with Crippen molar-refractivity contribution in [1.29, 1.82) is 0 Å². The second kappa shape index (κ2) is 6.37. The number of hydrogen-bond acceptors (Lipinski definition) is 4. The van der Waals surface area contributed by atoms with Crippen molar-refractivity contribution in [2.24, 2.45) is 0 Å². The van der Waals surface area contributed by atoms with E-state index in [2.05, 4.69) is 11.9 Å². The third-order valence-electron chi connectivity index (χ3n) is 3.38. The van der Waals surface area contributed by atoms with E-state index in [1.165, 1.54) is 0 Å². The molecule has 2 rings (SSSR count). The predicted molar refractivity (Wildman–Crippen MR) is 74.5 cm³/mol. The number of aliphatic hydroxyl groups excluding tert-OH is 1. The number of benzene rings is 1. The minimum atomic E-state index is -0.523. The normalized spacial score (nSPS) is 22.2. The molecule has 1 N–H and O–H groups in total. The Morgan fingerprint density at radius 2 is 2.32 bits per heavy atom. The van der Waals surface area contributed by atoms with Gasteiger partial charge in [0.05, 0.1) is 12.7 Å². The van der Waals surface area contributed by atoms with Crippen molar-refractivity contribution in [1.82, 2.24) is 4.90 Å². The first-order valence-electron chi connectivity index (χ1n) is 6.78. The molecule has 1 aromatic carbocycles. The molecular weight excluding hydrogens is 242 g/mol. The van der Waals surface area contributed by atoms with Gasteiger partial charge in [-0.1, -0.05) is 11.6 Å². The van der Waals surface area contributed by atoms with Crippen LogP contribution in [0.1, 0.15) is 24.2 Å². The minimum absolute atomic E-state index is 0.0990. The Labute approximate surface area is 114 Å². The molecule has 1 aliphatic heterocycles. The summed E-state index contributed by atoms with van der Waals surface area (Å²) in [6, 6.07) is 5.88. The number of rotatable bonds is 4. The summed E-state index contributed by atoms with van der Waals surface area (Å²) in [6.07, 6.45) is -0.424. The third-order valence-corrected chi connectivity index (χ3v) is 3.38. The van der Waals surface area contributed by atoms with E-state index in [-0.39, 0.29) is 6.10 Å². The maximum Gasteiger partial charge on any atom is 0.125 e. The maximum atomic E-state index is 9.79. The molecule has 0 amide bonds. The largest absolute Gasteiger partial charge is 0.490 e. The van der Waals surface area contributed by atoms with Crippen LogP contribution in [0, 0.1) is 6.92 Å². The second-order valence-electron chi connectivity index (χ2n) is 5.28. The van der Waals surface area contributed by atoms with Gasteiger partial charge in [0, 0.05) is 18.7 Å². The van der Waals surface area contributed by atoms with Gasteiger partial charge in [-0.15, -0.1) is 0 Å². The predicted octanol–water partition coefficient (Wildman–Crippen LogP) is 1.76. The van der Waals surface area contributed by atoms with Crippen molar-refractivity contribution in [2.75, 3.05) is 33.4 Å². The lowest BCUT2D eigenvalue weighted by molar-refractivity contribution is -0.0407.